The van der Waals surface area contributed by atoms with Gasteiger partial charge in [0, 0.05) is 24.4 Å². The van der Waals surface area contributed by atoms with Crippen LogP contribution in [0.3, 0.4) is 0 Å². The molecular formula is C11H24N2O3S. The molecule has 1 amide bonds. The average Bonchev–Trinajstić information content (AvgIpc) is 2.29. The van der Waals surface area contributed by atoms with Crippen LogP contribution < -0.4 is 11.1 Å². The van der Waals surface area contributed by atoms with Crippen molar-refractivity contribution in [1.82, 2.24) is 5.32 Å². The second-order valence-electron chi connectivity index (χ2n) is 3.83. The van der Waals surface area contributed by atoms with Gasteiger partial charge in [0.05, 0.1) is 19.1 Å². The number of carbonyl (C=O) groups excluding carboxylic acids is 1. The maximum Gasteiger partial charge on any atom is 0.222 e. The van der Waals surface area contributed by atoms with Gasteiger partial charge in [0.15, 0.2) is 0 Å². The van der Waals surface area contributed by atoms with Crippen molar-refractivity contribution in [1.29, 1.82) is 0 Å². The summed E-state index contributed by atoms with van der Waals surface area (Å²) in [5.41, 5.74) is 5.50. The van der Waals surface area contributed by atoms with Crippen LogP contribution in [0.1, 0.15) is 20.3 Å². The van der Waals surface area contributed by atoms with Crippen LogP contribution in [-0.4, -0.2) is 54.4 Å². The summed E-state index contributed by atoms with van der Waals surface area (Å²) in [6.07, 6.45) is 1.95. The Bertz CT molecular complexity index is 213. The standard InChI is InChI=1S/C11H24N2O3S/c1-4-16-9(6-12)5-11(15)13-8(2)10(7-14)17-3/h8-10,14H,4-7,12H2,1-3H3,(H,13,15). The number of nitrogens with two attached hydrogens (primary N) is 1. The fourth-order valence-corrected chi connectivity index (χ4v) is 2.12. The van der Waals surface area contributed by atoms with E-state index in [1.807, 2.05) is 20.1 Å². The second kappa shape index (κ2) is 9.70. The number of hydrogen-bond donors (Lipinski definition) is 3. The number of aliphatic hydroxyl groups excluding tert-OH is 1. The average molecular weight is 264 g/mol. The molecule has 6 heteroatoms. The normalized spacial score (nSPS) is 16.3. The Labute approximate surface area is 107 Å². The molecule has 3 unspecified atom stereocenters. The third-order valence-electron chi connectivity index (χ3n) is 2.51. The molecule has 0 saturated carbocycles. The van der Waals surface area contributed by atoms with Gasteiger partial charge in [-0.1, -0.05) is 0 Å². The van der Waals surface area contributed by atoms with Crippen LogP contribution in [0.2, 0.25) is 0 Å². The zero-order valence-corrected chi connectivity index (χ0v) is 11.6. The first-order chi connectivity index (χ1) is 8.08. The van der Waals surface area contributed by atoms with Crippen molar-refractivity contribution in [2.24, 2.45) is 5.73 Å². The lowest BCUT2D eigenvalue weighted by Crippen LogP contribution is -2.43. The van der Waals surface area contributed by atoms with E-state index < -0.39 is 0 Å². The molecule has 0 aromatic heterocycles. The first-order valence-electron chi connectivity index (χ1n) is 5.83. The maximum atomic E-state index is 11.7. The number of hydrogen-bond acceptors (Lipinski definition) is 5. The Morgan fingerprint density at radius 2 is 2.24 bits per heavy atom. The van der Waals surface area contributed by atoms with Gasteiger partial charge in [-0.15, -0.1) is 0 Å². The van der Waals surface area contributed by atoms with Crippen molar-refractivity contribution in [3.05, 3.63) is 0 Å². The van der Waals surface area contributed by atoms with Crippen LogP contribution in [0, 0.1) is 0 Å². The minimum Gasteiger partial charge on any atom is -0.395 e. The lowest BCUT2D eigenvalue weighted by atomic mass is 10.2. The number of ether oxygens (including phenoxy) is 1. The quantitative estimate of drug-likeness (QED) is 0.544. The summed E-state index contributed by atoms with van der Waals surface area (Å²) in [6.45, 7) is 4.69. The van der Waals surface area contributed by atoms with Crippen LogP contribution in [0.25, 0.3) is 0 Å². The third-order valence-corrected chi connectivity index (χ3v) is 3.67. The summed E-state index contributed by atoms with van der Waals surface area (Å²) in [4.78, 5) is 11.7. The van der Waals surface area contributed by atoms with E-state index in [9.17, 15) is 4.79 Å². The number of aliphatic hydroxyl groups is 1. The summed E-state index contributed by atoms with van der Waals surface area (Å²) in [5, 5.41) is 12.0. The van der Waals surface area contributed by atoms with Gasteiger partial charge in [0.2, 0.25) is 5.91 Å². The Kier molecular flexibility index (Phi) is 9.53. The van der Waals surface area contributed by atoms with Crippen molar-refractivity contribution < 1.29 is 14.6 Å². The maximum absolute atomic E-state index is 11.7. The van der Waals surface area contributed by atoms with Gasteiger partial charge in [-0.3, -0.25) is 4.79 Å². The zero-order chi connectivity index (χ0) is 13.3. The van der Waals surface area contributed by atoms with Crippen molar-refractivity contribution in [2.45, 2.75) is 37.7 Å². The van der Waals surface area contributed by atoms with Gasteiger partial charge < -0.3 is 20.9 Å². The number of nitrogens with one attached hydrogen (secondary N) is 1. The number of carbonyl (C=O) groups is 1. The summed E-state index contributed by atoms with van der Waals surface area (Å²) in [7, 11) is 0. The smallest absolute Gasteiger partial charge is 0.222 e. The molecule has 0 spiro atoms. The predicted molar refractivity (Wildman–Crippen MR) is 71.1 cm³/mol. The molecule has 0 rings (SSSR count). The highest BCUT2D eigenvalue weighted by atomic mass is 32.2. The molecule has 5 nitrogen and oxygen atoms in total. The predicted octanol–water partition coefficient (Wildman–Crippen LogP) is -0.0311. The van der Waals surface area contributed by atoms with Gasteiger partial charge in [-0.2, -0.15) is 11.8 Å². The topological polar surface area (TPSA) is 84.6 Å². The fraction of sp³-hybridized carbons (Fsp3) is 0.909. The van der Waals surface area contributed by atoms with E-state index in [-0.39, 0.29) is 36.3 Å². The van der Waals surface area contributed by atoms with E-state index in [1.165, 1.54) is 11.8 Å². The Morgan fingerprint density at radius 3 is 2.65 bits per heavy atom. The molecule has 0 aliphatic carbocycles. The third kappa shape index (κ3) is 6.88. The fourth-order valence-electron chi connectivity index (χ4n) is 1.50. The second-order valence-corrected chi connectivity index (χ2v) is 4.91. The molecule has 0 radical (unpaired) electrons. The van der Waals surface area contributed by atoms with E-state index in [1.54, 1.807) is 0 Å². The van der Waals surface area contributed by atoms with Gasteiger partial charge in [-0.25, -0.2) is 0 Å². The summed E-state index contributed by atoms with van der Waals surface area (Å²) < 4.78 is 5.32. The molecule has 0 saturated heterocycles. The van der Waals surface area contributed by atoms with E-state index in [4.69, 9.17) is 15.6 Å². The molecule has 102 valence electrons. The van der Waals surface area contributed by atoms with Crippen LogP contribution in [0.5, 0.6) is 0 Å². The van der Waals surface area contributed by atoms with Crippen molar-refractivity contribution in [3.8, 4) is 0 Å². The molecule has 3 atom stereocenters. The lowest BCUT2D eigenvalue weighted by Gasteiger charge is -2.22. The molecule has 4 N–H and O–H groups in total. The minimum atomic E-state index is -0.228. The Morgan fingerprint density at radius 1 is 1.59 bits per heavy atom. The molecule has 0 fully saturated rings. The molecule has 0 aromatic carbocycles. The van der Waals surface area contributed by atoms with Crippen molar-refractivity contribution in [3.63, 3.8) is 0 Å². The molecule has 0 aliphatic heterocycles. The van der Waals surface area contributed by atoms with Crippen LogP contribution in [-0.2, 0) is 9.53 Å². The van der Waals surface area contributed by atoms with Crippen molar-refractivity contribution >= 4 is 17.7 Å². The number of thioether (sulfide) groups is 1. The Balaban J connectivity index is 4.06. The van der Waals surface area contributed by atoms with E-state index in [0.29, 0.717) is 13.2 Å². The lowest BCUT2D eigenvalue weighted by molar-refractivity contribution is -0.124. The van der Waals surface area contributed by atoms with Crippen LogP contribution in [0.4, 0.5) is 0 Å². The van der Waals surface area contributed by atoms with Crippen LogP contribution in [0.15, 0.2) is 0 Å². The monoisotopic (exact) mass is 264 g/mol. The Hall–Kier alpha value is -0.300. The van der Waals surface area contributed by atoms with Gasteiger partial charge >= 0.3 is 0 Å². The summed E-state index contributed by atoms with van der Waals surface area (Å²) in [5.74, 6) is -0.0890. The van der Waals surface area contributed by atoms with E-state index >= 15 is 0 Å². The molecule has 0 bridgehead atoms. The van der Waals surface area contributed by atoms with Gasteiger partial charge in [-0.05, 0) is 20.1 Å². The molecule has 0 heterocycles. The largest absolute Gasteiger partial charge is 0.395 e. The highest BCUT2D eigenvalue weighted by molar-refractivity contribution is 7.99. The first kappa shape index (κ1) is 16.7. The summed E-state index contributed by atoms with van der Waals surface area (Å²) >= 11 is 1.53. The number of rotatable bonds is 9. The molecule has 0 aromatic rings. The van der Waals surface area contributed by atoms with E-state index in [0.717, 1.165) is 0 Å². The van der Waals surface area contributed by atoms with Gasteiger partial charge in [0.1, 0.15) is 0 Å². The highest BCUT2D eigenvalue weighted by Crippen LogP contribution is 2.10. The van der Waals surface area contributed by atoms with E-state index in [2.05, 4.69) is 5.32 Å². The number of amides is 1. The van der Waals surface area contributed by atoms with Crippen LogP contribution >= 0.6 is 11.8 Å². The molecular weight excluding hydrogens is 240 g/mol. The first-order valence-corrected chi connectivity index (χ1v) is 7.12. The molecule has 17 heavy (non-hydrogen) atoms. The summed E-state index contributed by atoms with van der Waals surface area (Å²) in [6, 6.07) is -0.0671. The SMILES string of the molecule is CCOC(CN)CC(=O)NC(C)C(CO)SC. The van der Waals surface area contributed by atoms with Crippen molar-refractivity contribution in [2.75, 3.05) is 26.0 Å². The zero-order valence-electron chi connectivity index (χ0n) is 10.8. The molecule has 0 aliphatic rings. The minimum absolute atomic E-state index is 0.0161. The highest BCUT2D eigenvalue weighted by Gasteiger charge is 2.19. The van der Waals surface area contributed by atoms with Gasteiger partial charge in [0.25, 0.3) is 0 Å².